The van der Waals surface area contributed by atoms with Crippen LogP contribution in [0.1, 0.15) is 48.8 Å². The third kappa shape index (κ3) is 4.76. The van der Waals surface area contributed by atoms with Crippen molar-refractivity contribution in [2.45, 2.75) is 37.7 Å². The molecule has 3 aromatic carbocycles. The van der Waals surface area contributed by atoms with E-state index in [0.29, 0.717) is 13.0 Å². The Hall–Kier alpha value is -2.71. The van der Waals surface area contributed by atoms with Crippen molar-refractivity contribution in [1.29, 1.82) is 0 Å². The summed E-state index contributed by atoms with van der Waals surface area (Å²) >= 11 is 0. The molecule has 0 saturated heterocycles. The van der Waals surface area contributed by atoms with Crippen molar-refractivity contribution in [2.75, 3.05) is 6.61 Å². The highest BCUT2D eigenvalue weighted by atomic mass is 16.5. The van der Waals surface area contributed by atoms with Gasteiger partial charge in [-0.15, -0.1) is 0 Å². The van der Waals surface area contributed by atoms with Gasteiger partial charge in [0.05, 0.1) is 0 Å². The summed E-state index contributed by atoms with van der Waals surface area (Å²) in [7, 11) is 0. The molecule has 2 heteroatoms. The van der Waals surface area contributed by atoms with E-state index < -0.39 is 5.60 Å². The highest BCUT2D eigenvalue weighted by molar-refractivity contribution is 5.49. The van der Waals surface area contributed by atoms with Gasteiger partial charge in [-0.1, -0.05) is 104 Å². The number of unbranched alkanes of at least 4 members (excludes halogenated alkanes) is 4. The van der Waals surface area contributed by atoms with Gasteiger partial charge in [0.1, 0.15) is 11.9 Å². The zero-order valence-electron chi connectivity index (χ0n) is 16.3. The fourth-order valence-corrected chi connectivity index (χ4v) is 3.68. The molecule has 0 radical (unpaired) electrons. The summed E-state index contributed by atoms with van der Waals surface area (Å²) in [6.45, 7) is 0.666. The van der Waals surface area contributed by atoms with Gasteiger partial charge in [-0.2, -0.15) is 0 Å². The molecule has 0 atom stereocenters. The van der Waals surface area contributed by atoms with Crippen LogP contribution in [0.25, 0.3) is 0 Å². The summed E-state index contributed by atoms with van der Waals surface area (Å²) in [5, 5.41) is 0. The van der Waals surface area contributed by atoms with Crippen molar-refractivity contribution in [2.24, 2.45) is 0 Å². The maximum absolute atomic E-state index is 10.5. The van der Waals surface area contributed by atoms with Gasteiger partial charge in [0.25, 0.3) is 0 Å². The number of hydrogen-bond acceptors (Lipinski definition) is 2. The van der Waals surface area contributed by atoms with E-state index in [1.165, 1.54) is 0 Å². The van der Waals surface area contributed by atoms with Gasteiger partial charge in [0.15, 0.2) is 0 Å². The molecule has 2 nitrogen and oxygen atoms in total. The van der Waals surface area contributed by atoms with E-state index in [2.05, 4.69) is 72.8 Å². The molecule has 0 N–H and O–H groups in total. The topological polar surface area (TPSA) is 26.3 Å². The van der Waals surface area contributed by atoms with E-state index in [4.69, 9.17) is 4.74 Å². The predicted octanol–water partition coefficient (Wildman–Crippen LogP) is 6.14. The second-order valence-corrected chi connectivity index (χ2v) is 7.00. The molecule has 0 unspecified atom stereocenters. The lowest BCUT2D eigenvalue weighted by Crippen LogP contribution is -2.33. The standard InChI is InChI=1S/C26H28O2/c27-21-13-2-1-3-14-22-28-26(23-15-7-4-8-16-23,24-17-9-5-10-18-24)25-19-11-6-12-20-25/h4-12,15-21H,1-3,13-14,22H2. The summed E-state index contributed by atoms with van der Waals surface area (Å²) in [6.07, 6.45) is 5.74. The lowest BCUT2D eigenvalue weighted by atomic mass is 9.80. The second kappa shape index (κ2) is 10.6. The van der Waals surface area contributed by atoms with Crippen molar-refractivity contribution in [3.05, 3.63) is 108 Å². The van der Waals surface area contributed by atoms with Crippen LogP contribution in [0.5, 0.6) is 0 Å². The highest BCUT2D eigenvalue weighted by Gasteiger charge is 2.37. The second-order valence-electron chi connectivity index (χ2n) is 7.00. The van der Waals surface area contributed by atoms with E-state index in [0.717, 1.165) is 48.7 Å². The van der Waals surface area contributed by atoms with Crippen LogP contribution in [0, 0.1) is 0 Å². The van der Waals surface area contributed by atoms with Crippen LogP contribution < -0.4 is 0 Å². The first-order valence-corrected chi connectivity index (χ1v) is 10.1. The van der Waals surface area contributed by atoms with Crippen molar-refractivity contribution in [3.8, 4) is 0 Å². The molecule has 3 aromatic rings. The van der Waals surface area contributed by atoms with Crippen LogP contribution in [0.4, 0.5) is 0 Å². The van der Waals surface area contributed by atoms with Crippen LogP contribution in [0.3, 0.4) is 0 Å². The number of aldehydes is 1. The predicted molar refractivity (Wildman–Crippen MR) is 114 cm³/mol. The SMILES string of the molecule is O=CCCCCCCOC(c1ccccc1)(c1ccccc1)c1ccccc1. The van der Waals surface area contributed by atoms with E-state index in [1.54, 1.807) is 0 Å². The Labute approximate surface area is 168 Å². The zero-order valence-corrected chi connectivity index (χ0v) is 16.3. The first-order valence-electron chi connectivity index (χ1n) is 10.1. The monoisotopic (exact) mass is 372 g/mol. The van der Waals surface area contributed by atoms with E-state index >= 15 is 0 Å². The zero-order chi connectivity index (χ0) is 19.5. The molecular formula is C26H28O2. The normalized spacial score (nSPS) is 11.3. The van der Waals surface area contributed by atoms with Crippen LogP contribution in [0.2, 0.25) is 0 Å². The molecule has 0 bridgehead atoms. The fraction of sp³-hybridized carbons (Fsp3) is 0.269. The molecule has 0 amide bonds. The summed E-state index contributed by atoms with van der Waals surface area (Å²) < 4.78 is 6.72. The average molecular weight is 373 g/mol. The molecule has 144 valence electrons. The maximum atomic E-state index is 10.5. The molecule has 0 spiro atoms. The van der Waals surface area contributed by atoms with Gasteiger partial charge in [-0.05, 0) is 29.5 Å². The van der Waals surface area contributed by atoms with Crippen LogP contribution in [0.15, 0.2) is 91.0 Å². The smallest absolute Gasteiger partial charge is 0.143 e. The van der Waals surface area contributed by atoms with Gasteiger partial charge >= 0.3 is 0 Å². The number of ether oxygens (including phenoxy) is 1. The van der Waals surface area contributed by atoms with E-state index in [1.807, 2.05) is 18.2 Å². The molecule has 0 aromatic heterocycles. The minimum atomic E-state index is -0.632. The third-order valence-corrected chi connectivity index (χ3v) is 5.08. The molecule has 0 aliphatic carbocycles. The first kappa shape index (κ1) is 20.0. The summed E-state index contributed by atoms with van der Waals surface area (Å²) in [5.74, 6) is 0. The molecule has 3 rings (SSSR count). The summed E-state index contributed by atoms with van der Waals surface area (Å²) in [6, 6.07) is 31.4. The quantitative estimate of drug-likeness (QED) is 0.229. The number of rotatable bonds is 11. The third-order valence-electron chi connectivity index (χ3n) is 5.08. The Balaban J connectivity index is 1.92. The van der Waals surface area contributed by atoms with Crippen molar-refractivity contribution < 1.29 is 9.53 Å². The Morgan fingerprint density at radius 3 is 1.46 bits per heavy atom. The average Bonchev–Trinajstić information content (AvgIpc) is 2.78. The number of benzene rings is 3. The van der Waals surface area contributed by atoms with Gasteiger partial charge in [-0.25, -0.2) is 0 Å². The maximum Gasteiger partial charge on any atom is 0.143 e. The van der Waals surface area contributed by atoms with Crippen molar-refractivity contribution in [3.63, 3.8) is 0 Å². The molecule has 0 saturated carbocycles. The Morgan fingerprint density at radius 2 is 1.04 bits per heavy atom. The van der Waals surface area contributed by atoms with Gasteiger partial charge in [0, 0.05) is 13.0 Å². The minimum absolute atomic E-state index is 0.632. The molecule has 0 heterocycles. The Morgan fingerprint density at radius 1 is 0.607 bits per heavy atom. The fourth-order valence-electron chi connectivity index (χ4n) is 3.68. The number of carbonyl (C=O) groups excluding carboxylic acids is 1. The molecule has 28 heavy (non-hydrogen) atoms. The van der Waals surface area contributed by atoms with Gasteiger partial charge in [0.2, 0.25) is 0 Å². The number of hydrogen-bond donors (Lipinski definition) is 0. The highest BCUT2D eigenvalue weighted by Crippen LogP contribution is 2.40. The summed E-state index contributed by atoms with van der Waals surface area (Å²) in [4.78, 5) is 10.5. The van der Waals surface area contributed by atoms with Crippen LogP contribution >= 0.6 is 0 Å². The molecule has 0 aliphatic rings. The first-order chi connectivity index (χ1) is 13.9. The van der Waals surface area contributed by atoms with Crippen LogP contribution in [-0.4, -0.2) is 12.9 Å². The molecule has 0 aliphatic heterocycles. The van der Waals surface area contributed by atoms with Gasteiger partial charge in [-0.3, -0.25) is 0 Å². The number of carbonyl (C=O) groups is 1. The van der Waals surface area contributed by atoms with Crippen molar-refractivity contribution >= 4 is 6.29 Å². The summed E-state index contributed by atoms with van der Waals surface area (Å²) in [5.41, 5.74) is 2.77. The largest absolute Gasteiger partial charge is 0.361 e. The molecule has 0 fully saturated rings. The van der Waals surface area contributed by atoms with E-state index in [9.17, 15) is 4.79 Å². The minimum Gasteiger partial charge on any atom is -0.361 e. The van der Waals surface area contributed by atoms with E-state index in [-0.39, 0.29) is 0 Å². The lowest BCUT2D eigenvalue weighted by molar-refractivity contribution is -0.107. The lowest BCUT2D eigenvalue weighted by Gasteiger charge is -2.36. The Bertz CT molecular complexity index is 716. The molecular weight excluding hydrogens is 344 g/mol. The van der Waals surface area contributed by atoms with Gasteiger partial charge < -0.3 is 9.53 Å². The Kier molecular flexibility index (Phi) is 7.57. The van der Waals surface area contributed by atoms with Crippen LogP contribution in [-0.2, 0) is 15.1 Å². The van der Waals surface area contributed by atoms with Crippen molar-refractivity contribution in [1.82, 2.24) is 0 Å².